The Morgan fingerprint density at radius 1 is 1.10 bits per heavy atom. The van der Waals surface area contributed by atoms with E-state index in [1.807, 2.05) is 18.2 Å². The molecule has 2 aromatic rings. The summed E-state index contributed by atoms with van der Waals surface area (Å²) in [6, 6.07) is 21.3. The average molecular weight is 262 g/mol. The van der Waals surface area contributed by atoms with Crippen LogP contribution in [0.5, 0.6) is 0 Å². The molecule has 1 aliphatic rings. The van der Waals surface area contributed by atoms with Gasteiger partial charge in [0.05, 0.1) is 12.5 Å². The fraction of sp³-hybridized carbons (Fsp3) is 0.278. The Balaban J connectivity index is 1.63. The number of fused-ring (bicyclic) bond motifs is 1. The molecular weight excluding hydrogens is 244 g/mol. The van der Waals surface area contributed by atoms with Crippen molar-refractivity contribution >= 4 is 0 Å². The topological polar surface area (TPSA) is 35.8 Å². The van der Waals surface area contributed by atoms with Crippen molar-refractivity contribution in [3.05, 3.63) is 71.3 Å². The summed E-state index contributed by atoms with van der Waals surface area (Å²) in [6.07, 6.45) is 1.66. The number of nitrogens with zero attached hydrogens (tertiary/aromatic N) is 1. The average Bonchev–Trinajstić information content (AvgIpc) is 2.48. The van der Waals surface area contributed by atoms with E-state index in [0.29, 0.717) is 12.3 Å². The zero-order valence-corrected chi connectivity index (χ0v) is 11.4. The molecule has 0 heterocycles. The van der Waals surface area contributed by atoms with Crippen molar-refractivity contribution in [2.45, 2.75) is 24.8 Å². The number of nitriles is 1. The van der Waals surface area contributed by atoms with E-state index >= 15 is 0 Å². The van der Waals surface area contributed by atoms with E-state index in [2.05, 4.69) is 47.8 Å². The smallest absolute Gasteiger partial charge is 0.0641 e. The molecule has 2 atom stereocenters. The van der Waals surface area contributed by atoms with E-state index in [4.69, 9.17) is 5.26 Å². The Morgan fingerprint density at radius 2 is 1.85 bits per heavy atom. The van der Waals surface area contributed by atoms with E-state index in [9.17, 15) is 0 Å². The molecule has 0 saturated heterocycles. The maximum absolute atomic E-state index is 9.00. The second-order valence-electron chi connectivity index (χ2n) is 5.33. The van der Waals surface area contributed by atoms with Gasteiger partial charge in [-0.1, -0.05) is 54.6 Å². The lowest BCUT2D eigenvalue weighted by Crippen LogP contribution is -2.31. The first-order chi connectivity index (χ1) is 9.88. The van der Waals surface area contributed by atoms with Crippen molar-refractivity contribution in [1.29, 1.82) is 5.26 Å². The number of nitrogens with one attached hydrogen (secondary N) is 1. The molecule has 1 aliphatic carbocycles. The molecule has 20 heavy (non-hydrogen) atoms. The fourth-order valence-electron chi connectivity index (χ4n) is 2.91. The first kappa shape index (κ1) is 12.9. The van der Waals surface area contributed by atoms with Crippen LogP contribution in [-0.4, -0.2) is 6.54 Å². The van der Waals surface area contributed by atoms with Crippen LogP contribution >= 0.6 is 0 Å². The Bertz CT molecular complexity index is 613. The van der Waals surface area contributed by atoms with Gasteiger partial charge < -0.3 is 5.32 Å². The van der Waals surface area contributed by atoms with Gasteiger partial charge in [-0.3, -0.25) is 0 Å². The Hall–Kier alpha value is -2.11. The minimum atomic E-state index is 0.133. The summed E-state index contributed by atoms with van der Waals surface area (Å²) in [5.74, 6) is 0.594. The van der Waals surface area contributed by atoms with Gasteiger partial charge in [0.2, 0.25) is 0 Å². The first-order valence-electron chi connectivity index (χ1n) is 7.11. The highest BCUT2D eigenvalue weighted by molar-refractivity contribution is 5.40. The Morgan fingerprint density at radius 3 is 2.60 bits per heavy atom. The van der Waals surface area contributed by atoms with Crippen molar-refractivity contribution in [3.63, 3.8) is 0 Å². The van der Waals surface area contributed by atoms with Gasteiger partial charge in [0.15, 0.2) is 0 Å². The molecule has 1 N–H and O–H groups in total. The zero-order chi connectivity index (χ0) is 13.8. The number of hydrogen-bond acceptors (Lipinski definition) is 2. The van der Waals surface area contributed by atoms with Crippen molar-refractivity contribution in [2.75, 3.05) is 6.54 Å². The minimum absolute atomic E-state index is 0.133. The SMILES string of the molecule is N#CCC(NCC1Cc2ccccc21)c1ccccc1. The van der Waals surface area contributed by atoms with Crippen LogP contribution in [0, 0.1) is 11.3 Å². The lowest BCUT2D eigenvalue weighted by atomic mass is 9.77. The van der Waals surface area contributed by atoms with Gasteiger partial charge in [-0.25, -0.2) is 0 Å². The molecular formula is C18H18N2. The van der Waals surface area contributed by atoms with E-state index in [0.717, 1.165) is 13.0 Å². The number of rotatable bonds is 5. The highest BCUT2D eigenvalue weighted by Crippen LogP contribution is 2.34. The van der Waals surface area contributed by atoms with Gasteiger partial charge in [-0.2, -0.15) is 5.26 Å². The summed E-state index contributed by atoms with van der Waals surface area (Å²) in [5, 5.41) is 12.6. The van der Waals surface area contributed by atoms with E-state index in [1.165, 1.54) is 16.7 Å². The van der Waals surface area contributed by atoms with Gasteiger partial charge in [-0.15, -0.1) is 0 Å². The van der Waals surface area contributed by atoms with Gasteiger partial charge >= 0.3 is 0 Å². The van der Waals surface area contributed by atoms with Gasteiger partial charge in [-0.05, 0) is 23.1 Å². The molecule has 0 aliphatic heterocycles. The van der Waals surface area contributed by atoms with Crippen LogP contribution in [0.25, 0.3) is 0 Å². The van der Waals surface area contributed by atoms with E-state index < -0.39 is 0 Å². The Kier molecular flexibility index (Phi) is 3.80. The van der Waals surface area contributed by atoms with E-state index in [-0.39, 0.29) is 6.04 Å². The van der Waals surface area contributed by atoms with Crippen molar-refractivity contribution in [1.82, 2.24) is 5.32 Å². The Labute approximate surface area is 120 Å². The zero-order valence-electron chi connectivity index (χ0n) is 11.4. The maximum Gasteiger partial charge on any atom is 0.0641 e. The second-order valence-corrected chi connectivity index (χ2v) is 5.33. The van der Waals surface area contributed by atoms with Crippen LogP contribution in [0.3, 0.4) is 0 Å². The third-order valence-corrected chi connectivity index (χ3v) is 4.07. The monoisotopic (exact) mass is 262 g/mol. The first-order valence-corrected chi connectivity index (χ1v) is 7.11. The van der Waals surface area contributed by atoms with Crippen LogP contribution in [0.2, 0.25) is 0 Å². The summed E-state index contributed by atoms with van der Waals surface area (Å²) >= 11 is 0. The number of benzene rings is 2. The summed E-state index contributed by atoms with van der Waals surface area (Å²) in [6.45, 7) is 0.943. The van der Waals surface area contributed by atoms with Crippen molar-refractivity contribution in [3.8, 4) is 6.07 Å². The van der Waals surface area contributed by atoms with Gasteiger partial charge in [0.1, 0.15) is 0 Å². The lowest BCUT2D eigenvalue weighted by molar-refractivity contribution is 0.473. The third-order valence-electron chi connectivity index (χ3n) is 4.07. The quantitative estimate of drug-likeness (QED) is 0.894. The molecule has 0 bridgehead atoms. The molecule has 2 nitrogen and oxygen atoms in total. The van der Waals surface area contributed by atoms with Crippen molar-refractivity contribution < 1.29 is 0 Å². The lowest BCUT2D eigenvalue weighted by Gasteiger charge is -2.31. The summed E-state index contributed by atoms with van der Waals surface area (Å²) in [7, 11) is 0. The molecule has 100 valence electrons. The summed E-state index contributed by atoms with van der Waals surface area (Å²) < 4.78 is 0. The van der Waals surface area contributed by atoms with Crippen molar-refractivity contribution in [2.24, 2.45) is 0 Å². The van der Waals surface area contributed by atoms with E-state index in [1.54, 1.807) is 0 Å². The molecule has 3 rings (SSSR count). The fourth-order valence-corrected chi connectivity index (χ4v) is 2.91. The molecule has 0 amide bonds. The maximum atomic E-state index is 9.00. The summed E-state index contributed by atoms with van der Waals surface area (Å²) in [5.41, 5.74) is 4.13. The molecule has 2 aromatic carbocycles. The number of hydrogen-bond donors (Lipinski definition) is 1. The molecule has 0 aromatic heterocycles. The highest BCUT2D eigenvalue weighted by atomic mass is 14.9. The molecule has 2 unspecified atom stereocenters. The molecule has 0 radical (unpaired) electrons. The molecule has 0 spiro atoms. The highest BCUT2D eigenvalue weighted by Gasteiger charge is 2.25. The minimum Gasteiger partial charge on any atom is -0.308 e. The predicted molar refractivity (Wildman–Crippen MR) is 80.3 cm³/mol. The second kappa shape index (κ2) is 5.90. The van der Waals surface area contributed by atoms with Gasteiger partial charge in [0, 0.05) is 18.5 Å². The molecule has 0 saturated carbocycles. The molecule has 2 heteroatoms. The standard InChI is InChI=1S/C18H18N2/c19-11-10-18(14-6-2-1-3-7-14)20-13-16-12-15-8-4-5-9-17(15)16/h1-9,16,18,20H,10,12-13H2. The van der Waals surface area contributed by atoms with Crippen LogP contribution in [0.15, 0.2) is 54.6 Å². The third kappa shape index (κ3) is 2.59. The predicted octanol–water partition coefficient (Wildman–Crippen LogP) is 3.57. The normalized spacial score (nSPS) is 17.6. The van der Waals surface area contributed by atoms with Crippen LogP contribution in [0.4, 0.5) is 0 Å². The summed E-state index contributed by atoms with van der Waals surface area (Å²) in [4.78, 5) is 0. The van der Waals surface area contributed by atoms with Crippen LogP contribution in [-0.2, 0) is 6.42 Å². The molecule has 0 fully saturated rings. The van der Waals surface area contributed by atoms with Crippen LogP contribution in [0.1, 0.15) is 35.1 Å². The largest absolute Gasteiger partial charge is 0.308 e. The van der Waals surface area contributed by atoms with Gasteiger partial charge in [0.25, 0.3) is 0 Å². The van der Waals surface area contributed by atoms with Crippen LogP contribution < -0.4 is 5.32 Å².